The lowest BCUT2D eigenvalue weighted by molar-refractivity contribution is -0.137. The van der Waals surface area contributed by atoms with Crippen LogP contribution in [0, 0.1) is 0 Å². The fraction of sp³-hybridized carbons (Fsp3) is 0.286. The molecule has 6 heteroatoms. The SMILES string of the molecule is O=CN[C@@H](CC(=O)O)c1nccs1. The molecule has 0 radical (unpaired) electrons. The van der Waals surface area contributed by atoms with E-state index in [1.165, 1.54) is 11.3 Å². The largest absolute Gasteiger partial charge is 0.481 e. The lowest BCUT2D eigenvalue weighted by Crippen LogP contribution is -2.22. The maximum Gasteiger partial charge on any atom is 0.305 e. The standard InChI is InChI=1S/C7H8N2O3S/c10-4-9-5(3-6(11)12)7-8-1-2-13-7/h1-2,4-5H,3H2,(H,9,10)(H,11,12)/t5-/m0/s1. The highest BCUT2D eigenvalue weighted by molar-refractivity contribution is 7.09. The molecular formula is C7H8N2O3S. The molecule has 1 amide bonds. The molecular weight excluding hydrogens is 192 g/mol. The van der Waals surface area contributed by atoms with Crippen LogP contribution < -0.4 is 5.32 Å². The Hall–Kier alpha value is -1.43. The highest BCUT2D eigenvalue weighted by atomic mass is 32.1. The predicted octanol–water partition coefficient (Wildman–Crippen LogP) is 0.405. The summed E-state index contributed by atoms with van der Waals surface area (Å²) in [7, 11) is 0. The van der Waals surface area contributed by atoms with E-state index in [0.29, 0.717) is 11.4 Å². The molecule has 0 aliphatic carbocycles. The van der Waals surface area contributed by atoms with Gasteiger partial charge in [-0.05, 0) is 0 Å². The second-order valence-electron chi connectivity index (χ2n) is 2.31. The number of nitrogens with one attached hydrogen (secondary N) is 1. The molecule has 1 atom stereocenters. The van der Waals surface area contributed by atoms with Gasteiger partial charge in [-0.25, -0.2) is 4.98 Å². The van der Waals surface area contributed by atoms with Crippen LogP contribution in [0.3, 0.4) is 0 Å². The second kappa shape index (κ2) is 4.56. The van der Waals surface area contributed by atoms with Gasteiger partial charge in [-0.1, -0.05) is 0 Å². The average molecular weight is 200 g/mol. The summed E-state index contributed by atoms with van der Waals surface area (Å²) >= 11 is 1.32. The van der Waals surface area contributed by atoms with E-state index in [4.69, 9.17) is 5.11 Å². The molecule has 1 aromatic heterocycles. The molecule has 0 unspecified atom stereocenters. The molecule has 0 saturated carbocycles. The van der Waals surface area contributed by atoms with Crippen molar-refractivity contribution in [2.75, 3.05) is 0 Å². The number of aliphatic carboxylic acids is 1. The van der Waals surface area contributed by atoms with Crippen LogP contribution in [0.4, 0.5) is 0 Å². The highest BCUT2D eigenvalue weighted by Crippen LogP contribution is 2.18. The molecule has 13 heavy (non-hydrogen) atoms. The summed E-state index contributed by atoms with van der Waals surface area (Å²) in [5, 5.41) is 13.3. The molecule has 0 bridgehead atoms. The third kappa shape index (κ3) is 2.83. The van der Waals surface area contributed by atoms with Gasteiger partial charge in [0, 0.05) is 11.6 Å². The minimum Gasteiger partial charge on any atom is -0.481 e. The molecule has 0 aromatic carbocycles. The fourth-order valence-electron chi connectivity index (χ4n) is 0.881. The summed E-state index contributed by atoms with van der Waals surface area (Å²) < 4.78 is 0. The number of thiazole rings is 1. The maximum absolute atomic E-state index is 10.4. The fourth-order valence-corrected chi connectivity index (χ4v) is 1.58. The number of nitrogens with zero attached hydrogens (tertiary/aromatic N) is 1. The average Bonchev–Trinajstić information content (AvgIpc) is 2.54. The van der Waals surface area contributed by atoms with Gasteiger partial charge in [-0.15, -0.1) is 11.3 Å². The van der Waals surface area contributed by atoms with E-state index in [0.717, 1.165) is 0 Å². The van der Waals surface area contributed by atoms with Crippen molar-refractivity contribution in [1.82, 2.24) is 10.3 Å². The van der Waals surface area contributed by atoms with Crippen molar-refractivity contribution in [3.05, 3.63) is 16.6 Å². The van der Waals surface area contributed by atoms with Crippen LogP contribution in [0.2, 0.25) is 0 Å². The molecule has 0 aliphatic rings. The molecule has 0 fully saturated rings. The van der Waals surface area contributed by atoms with Crippen molar-refractivity contribution in [3.8, 4) is 0 Å². The van der Waals surface area contributed by atoms with Crippen molar-refractivity contribution in [1.29, 1.82) is 0 Å². The Morgan fingerprint density at radius 3 is 3.08 bits per heavy atom. The summed E-state index contributed by atoms with van der Waals surface area (Å²) in [4.78, 5) is 24.5. The third-order valence-electron chi connectivity index (χ3n) is 1.40. The van der Waals surface area contributed by atoms with Crippen molar-refractivity contribution < 1.29 is 14.7 Å². The number of carbonyl (C=O) groups excluding carboxylic acids is 1. The third-order valence-corrected chi connectivity index (χ3v) is 2.29. The number of carbonyl (C=O) groups is 2. The normalized spacial score (nSPS) is 12.0. The summed E-state index contributed by atoms with van der Waals surface area (Å²) in [6.45, 7) is 0. The Bertz CT molecular complexity index is 286. The molecule has 1 rings (SSSR count). The van der Waals surface area contributed by atoms with Gasteiger partial charge in [-0.2, -0.15) is 0 Å². The quantitative estimate of drug-likeness (QED) is 0.674. The molecule has 0 aliphatic heterocycles. The Labute approximate surface area is 78.4 Å². The van der Waals surface area contributed by atoms with E-state index < -0.39 is 12.0 Å². The van der Waals surface area contributed by atoms with Crippen molar-refractivity contribution in [2.24, 2.45) is 0 Å². The van der Waals surface area contributed by atoms with E-state index in [1.807, 2.05) is 0 Å². The van der Waals surface area contributed by atoms with E-state index >= 15 is 0 Å². The molecule has 1 heterocycles. The number of carboxylic acid groups (broad SMARTS) is 1. The predicted molar refractivity (Wildman–Crippen MR) is 46.3 cm³/mol. The zero-order valence-corrected chi connectivity index (χ0v) is 7.45. The number of hydrogen-bond acceptors (Lipinski definition) is 4. The van der Waals surface area contributed by atoms with Gasteiger partial charge in [0.25, 0.3) is 0 Å². The summed E-state index contributed by atoms with van der Waals surface area (Å²) in [5.41, 5.74) is 0. The number of aromatic nitrogens is 1. The minimum atomic E-state index is -0.963. The van der Waals surface area contributed by atoms with Gasteiger partial charge in [0.1, 0.15) is 5.01 Å². The molecule has 5 nitrogen and oxygen atoms in total. The smallest absolute Gasteiger partial charge is 0.305 e. The first-order valence-electron chi connectivity index (χ1n) is 3.55. The zero-order valence-electron chi connectivity index (χ0n) is 6.64. The topological polar surface area (TPSA) is 79.3 Å². The van der Waals surface area contributed by atoms with Crippen molar-refractivity contribution in [3.63, 3.8) is 0 Å². The lowest BCUT2D eigenvalue weighted by Gasteiger charge is -2.09. The Morgan fingerprint density at radius 2 is 2.62 bits per heavy atom. The summed E-state index contributed by atoms with van der Waals surface area (Å²) in [6, 6.07) is -0.519. The van der Waals surface area contributed by atoms with Gasteiger partial charge in [-0.3, -0.25) is 9.59 Å². The van der Waals surface area contributed by atoms with E-state index in [2.05, 4.69) is 10.3 Å². The molecule has 2 N–H and O–H groups in total. The van der Waals surface area contributed by atoms with Gasteiger partial charge < -0.3 is 10.4 Å². The van der Waals surface area contributed by atoms with Crippen LogP contribution in [-0.2, 0) is 9.59 Å². The van der Waals surface area contributed by atoms with Crippen LogP contribution in [-0.4, -0.2) is 22.5 Å². The first-order chi connectivity index (χ1) is 6.24. The number of rotatable bonds is 5. The zero-order chi connectivity index (χ0) is 9.68. The Balaban J connectivity index is 2.67. The minimum absolute atomic E-state index is 0.147. The van der Waals surface area contributed by atoms with Gasteiger partial charge >= 0.3 is 5.97 Å². The van der Waals surface area contributed by atoms with Crippen LogP contribution in [0.25, 0.3) is 0 Å². The number of hydrogen-bond donors (Lipinski definition) is 2. The van der Waals surface area contributed by atoms with Gasteiger partial charge in [0.15, 0.2) is 0 Å². The van der Waals surface area contributed by atoms with E-state index in [-0.39, 0.29) is 6.42 Å². The van der Waals surface area contributed by atoms with Crippen molar-refractivity contribution >= 4 is 23.7 Å². The van der Waals surface area contributed by atoms with Crippen LogP contribution in [0.5, 0.6) is 0 Å². The molecule has 0 saturated heterocycles. The van der Waals surface area contributed by atoms with E-state index in [9.17, 15) is 9.59 Å². The number of amides is 1. The highest BCUT2D eigenvalue weighted by Gasteiger charge is 2.16. The first kappa shape index (κ1) is 9.66. The first-order valence-corrected chi connectivity index (χ1v) is 4.43. The Morgan fingerprint density at radius 1 is 1.85 bits per heavy atom. The van der Waals surface area contributed by atoms with E-state index in [1.54, 1.807) is 11.6 Å². The van der Waals surface area contributed by atoms with Crippen LogP contribution >= 0.6 is 11.3 Å². The van der Waals surface area contributed by atoms with Crippen LogP contribution in [0.15, 0.2) is 11.6 Å². The summed E-state index contributed by atoms with van der Waals surface area (Å²) in [5.74, 6) is -0.963. The summed E-state index contributed by atoms with van der Waals surface area (Å²) in [6.07, 6.45) is 1.91. The van der Waals surface area contributed by atoms with Gasteiger partial charge in [0.2, 0.25) is 6.41 Å². The maximum atomic E-state index is 10.4. The van der Waals surface area contributed by atoms with Crippen molar-refractivity contribution in [2.45, 2.75) is 12.5 Å². The molecule has 70 valence electrons. The molecule has 0 spiro atoms. The van der Waals surface area contributed by atoms with Crippen LogP contribution in [0.1, 0.15) is 17.5 Å². The second-order valence-corrected chi connectivity index (χ2v) is 3.23. The molecule has 1 aromatic rings. The number of carboxylic acids is 1. The van der Waals surface area contributed by atoms with Gasteiger partial charge in [0.05, 0.1) is 12.5 Å². The Kier molecular flexibility index (Phi) is 3.39. The lowest BCUT2D eigenvalue weighted by atomic mass is 10.2. The monoisotopic (exact) mass is 200 g/mol.